The van der Waals surface area contributed by atoms with Crippen molar-refractivity contribution in [2.75, 3.05) is 0 Å². The molecule has 0 saturated heterocycles. The molecular formula is C5H2ClN3O. The first kappa shape index (κ1) is 6.86. The van der Waals surface area contributed by atoms with Gasteiger partial charge in [-0.3, -0.25) is 0 Å². The summed E-state index contributed by atoms with van der Waals surface area (Å²) < 4.78 is 0. The lowest BCUT2D eigenvalue weighted by Gasteiger charge is -1.86. The van der Waals surface area contributed by atoms with Crippen LogP contribution in [0.2, 0.25) is 5.28 Å². The number of rotatable bonds is 1. The highest BCUT2D eigenvalue weighted by molar-refractivity contribution is 6.28. The molecule has 5 heteroatoms. The quantitative estimate of drug-likeness (QED) is 0.347. The number of aromatic nitrogens is 2. The molecule has 0 atom stereocenters. The topological polar surface area (TPSA) is 55.2 Å². The normalized spacial score (nSPS) is 8.50. The Morgan fingerprint density at radius 3 is 2.60 bits per heavy atom. The van der Waals surface area contributed by atoms with E-state index < -0.39 is 0 Å². The summed E-state index contributed by atoms with van der Waals surface area (Å²) in [5.74, 6) is 0. The molecule has 4 nitrogen and oxygen atoms in total. The summed E-state index contributed by atoms with van der Waals surface area (Å²) >= 11 is 5.35. The highest BCUT2D eigenvalue weighted by atomic mass is 35.5. The number of hydrogen-bond donors (Lipinski definition) is 0. The van der Waals surface area contributed by atoms with Gasteiger partial charge in [-0.05, 0) is 11.6 Å². The summed E-state index contributed by atoms with van der Waals surface area (Å²) in [7, 11) is 0. The van der Waals surface area contributed by atoms with Gasteiger partial charge < -0.3 is 0 Å². The van der Waals surface area contributed by atoms with Crippen LogP contribution in [0.1, 0.15) is 0 Å². The van der Waals surface area contributed by atoms with Crippen LogP contribution < -0.4 is 0 Å². The summed E-state index contributed by atoms with van der Waals surface area (Å²) in [5, 5.41) is 0.129. The summed E-state index contributed by atoms with van der Waals surface area (Å²) in [5.41, 5.74) is 0.347. The predicted molar refractivity (Wildman–Crippen MR) is 34.8 cm³/mol. The molecule has 1 aromatic rings. The smallest absolute Gasteiger partial charge is 0.224 e. The van der Waals surface area contributed by atoms with Crippen molar-refractivity contribution in [1.29, 1.82) is 0 Å². The predicted octanol–water partition coefficient (Wildman–Crippen LogP) is 1.10. The summed E-state index contributed by atoms with van der Waals surface area (Å²) in [6.07, 6.45) is 4.02. The van der Waals surface area contributed by atoms with Crippen molar-refractivity contribution < 1.29 is 4.79 Å². The molecule has 1 aromatic heterocycles. The molecule has 0 aliphatic heterocycles. The fourth-order valence-corrected chi connectivity index (χ4v) is 0.513. The molecule has 0 N–H and O–H groups in total. The Bertz CT molecular complexity index is 265. The van der Waals surface area contributed by atoms with Gasteiger partial charge in [0.25, 0.3) is 0 Å². The number of aliphatic imine (C=N–C) groups is 1. The first-order chi connectivity index (χ1) is 4.83. The molecule has 0 aliphatic carbocycles. The third-order valence-corrected chi connectivity index (χ3v) is 0.977. The van der Waals surface area contributed by atoms with Crippen LogP contribution in [0.3, 0.4) is 0 Å². The highest BCUT2D eigenvalue weighted by Gasteiger charge is 1.89. The average molecular weight is 156 g/mol. The van der Waals surface area contributed by atoms with Crippen molar-refractivity contribution >= 4 is 23.4 Å². The Labute approximate surface area is 61.6 Å². The van der Waals surface area contributed by atoms with Gasteiger partial charge in [0, 0.05) is 0 Å². The second-order valence-corrected chi connectivity index (χ2v) is 1.75. The standard InChI is InChI=1S/C5H2ClN3O/c6-5-7-1-4(2-8-5)9-3-10/h1-2H. The van der Waals surface area contributed by atoms with Crippen LogP contribution in [0, 0.1) is 0 Å². The minimum absolute atomic E-state index is 0.129. The molecule has 0 radical (unpaired) electrons. The molecule has 0 spiro atoms. The first-order valence-electron chi connectivity index (χ1n) is 2.38. The third-order valence-electron chi connectivity index (χ3n) is 0.781. The zero-order valence-electron chi connectivity index (χ0n) is 4.78. The van der Waals surface area contributed by atoms with E-state index in [1.165, 1.54) is 18.5 Å². The van der Waals surface area contributed by atoms with Gasteiger partial charge in [-0.25, -0.2) is 14.8 Å². The largest absolute Gasteiger partial charge is 0.240 e. The monoisotopic (exact) mass is 155 g/mol. The van der Waals surface area contributed by atoms with E-state index in [-0.39, 0.29) is 5.28 Å². The van der Waals surface area contributed by atoms with Gasteiger partial charge >= 0.3 is 0 Å². The maximum absolute atomic E-state index is 9.68. The van der Waals surface area contributed by atoms with Gasteiger partial charge in [-0.2, -0.15) is 4.99 Å². The van der Waals surface area contributed by atoms with Crippen molar-refractivity contribution in [1.82, 2.24) is 9.97 Å². The van der Waals surface area contributed by atoms with Crippen molar-refractivity contribution in [3.05, 3.63) is 17.7 Å². The molecule has 10 heavy (non-hydrogen) atoms. The van der Waals surface area contributed by atoms with E-state index in [1.807, 2.05) is 0 Å². The number of halogens is 1. The lowest BCUT2D eigenvalue weighted by Crippen LogP contribution is -1.77. The molecule has 50 valence electrons. The lowest BCUT2D eigenvalue weighted by atomic mass is 10.6. The molecule has 0 saturated carbocycles. The second-order valence-electron chi connectivity index (χ2n) is 1.41. The second kappa shape index (κ2) is 3.06. The Morgan fingerprint density at radius 1 is 1.50 bits per heavy atom. The number of nitrogens with zero attached hydrogens (tertiary/aromatic N) is 3. The van der Waals surface area contributed by atoms with E-state index >= 15 is 0 Å². The van der Waals surface area contributed by atoms with E-state index in [9.17, 15) is 4.79 Å². The van der Waals surface area contributed by atoms with Gasteiger partial charge in [-0.1, -0.05) is 0 Å². The SMILES string of the molecule is O=C=Nc1cnc(Cl)nc1. The molecule has 0 unspecified atom stereocenters. The zero-order chi connectivity index (χ0) is 7.40. The van der Waals surface area contributed by atoms with Gasteiger partial charge in [0.2, 0.25) is 11.4 Å². The minimum Gasteiger partial charge on any atom is -0.224 e. The molecule has 0 fully saturated rings. The fourth-order valence-electron chi connectivity index (χ4n) is 0.416. The number of carbonyl (C=O) groups excluding carboxylic acids is 1. The summed E-state index contributed by atoms with van der Waals surface area (Å²) in [6, 6.07) is 0. The van der Waals surface area contributed by atoms with Crippen LogP contribution in [0.5, 0.6) is 0 Å². The molecular weight excluding hydrogens is 154 g/mol. The van der Waals surface area contributed by atoms with Crippen molar-refractivity contribution in [2.24, 2.45) is 4.99 Å². The summed E-state index contributed by atoms with van der Waals surface area (Å²) in [6.45, 7) is 0. The fraction of sp³-hybridized carbons (Fsp3) is 0. The maximum atomic E-state index is 9.68. The number of hydrogen-bond acceptors (Lipinski definition) is 4. The van der Waals surface area contributed by atoms with Crippen molar-refractivity contribution in [3.8, 4) is 0 Å². The maximum Gasteiger partial charge on any atom is 0.240 e. The van der Waals surface area contributed by atoms with Crippen LogP contribution in [0.4, 0.5) is 5.69 Å². The molecule has 0 bridgehead atoms. The average Bonchev–Trinajstić information content (AvgIpc) is 1.95. The molecule has 1 heterocycles. The van der Waals surface area contributed by atoms with E-state index in [0.717, 1.165) is 0 Å². The molecule has 0 amide bonds. The van der Waals surface area contributed by atoms with E-state index in [2.05, 4.69) is 15.0 Å². The van der Waals surface area contributed by atoms with Crippen molar-refractivity contribution in [2.45, 2.75) is 0 Å². The van der Waals surface area contributed by atoms with Gasteiger partial charge in [-0.15, -0.1) is 0 Å². The molecule has 1 rings (SSSR count). The molecule has 0 aromatic carbocycles. The van der Waals surface area contributed by atoms with Gasteiger partial charge in [0.15, 0.2) is 0 Å². The third kappa shape index (κ3) is 1.62. The highest BCUT2D eigenvalue weighted by Crippen LogP contribution is 2.07. The van der Waals surface area contributed by atoms with E-state index in [4.69, 9.17) is 11.6 Å². The van der Waals surface area contributed by atoms with E-state index in [1.54, 1.807) is 0 Å². The zero-order valence-corrected chi connectivity index (χ0v) is 5.54. The summed E-state index contributed by atoms with van der Waals surface area (Å²) in [4.78, 5) is 20.1. The van der Waals surface area contributed by atoms with Crippen LogP contribution in [-0.4, -0.2) is 16.0 Å². The Balaban J connectivity index is 3.00. The van der Waals surface area contributed by atoms with Gasteiger partial charge in [0.1, 0.15) is 5.69 Å². The number of isocyanates is 1. The van der Waals surface area contributed by atoms with Gasteiger partial charge in [0.05, 0.1) is 12.4 Å². The van der Waals surface area contributed by atoms with Crippen LogP contribution >= 0.6 is 11.6 Å². The van der Waals surface area contributed by atoms with E-state index in [0.29, 0.717) is 5.69 Å². The lowest BCUT2D eigenvalue weighted by molar-refractivity contribution is 0.565. The Morgan fingerprint density at radius 2 is 2.10 bits per heavy atom. The Kier molecular flexibility index (Phi) is 2.10. The Hall–Kier alpha value is -1.25. The molecule has 0 aliphatic rings. The van der Waals surface area contributed by atoms with Crippen LogP contribution in [0.25, 0.3) is 0 Å². The minimum atomic E-state index is 0.129. The van der Waals surface area contributed by atoms with Crippen LogP contribution in [0.15, 0.2) is 17.4 Å². The van der Waals surface area contributed by atoms with Crippen LogP contribution in [-0.2, 0) is 4.79 Å². The first-order valence-corrected chi connectivity index (χ1v) is 2.76. The van der Waals surface area contributed by atoms with Crippen molar-refractivity contribution in [3.63, 3.8) is 0 Å².